The Balaban J connectivity index is 1.74. The van der Waals surface area contributed by atoms with Crippen LogP contribution in [-0.4, -0.2) is 26.4 Å². The topological polar surface area (TPSA) is 71.8 Å². The number of benzene rings is 2. The fourth-order valence-electron chi connectivity index (χ4n) is 4.11. The summed E-state index contributed by atoms with van der Waals surface area (Å²) >= 11 is 1.66. The van der Waals surface area contributed by atoms with Gasteiger partial charge >= 0.3 is 0 Å². The van der Waals surface area contributed by atoms with Crippen LogP contribution in [0.1, 0.15) is 61.9 Å². The number of unbranched alkanes of at least 4 members (excludes halogenated alkanes) is 1. The number of rotatable bonds is 8. The maximum absolute atomic E-state index is 13.7. The van der Waals surface area contributed by atoms with Gasteiger partial charge in [-0.05, 0) is 61.9 Å². The molecule has 0 radical (unpaired) electrons. The third-order valence-electron chi connectivity index (χ3n) is 6.36. The van der Waals surface area contributed by atoms with Gasteiger partial charge in [0.15, 0.2) is 0 Å². The number of hydrogen-bond donors (Lipinski definition) is 2. The molecule has 1 aliphatic rings. The Kier molecular flexibility index (Phi) is 7.41. The molecule has 34 heavy (non-hydrogen) atoms. The van der Waals surface area contributed by atoms with Gasteiger partial charge in [-0.2, -0.15) is 4.98 Å². The van der Waals surface area contributed by atoms with Crippen LogP contribution >= 0.6 is 11.8 Å². The summed E-state index contributed by atoms with van der Waals surface area (Å²) in [5.41, 5.74) is 6.74. The normalized spacial score (nSPS) is 15.1. The largest absolute Gasteiger partial charge is 0.328 e. The predicted octanol–water partition coefficient (Wildman–Crippen LogP) is 6.28. The zero-order valence-electron chi connectivity index (χ0n) is 20.6. The van der Waals surface area contributed by atoms with Crippen molar-refractivity contribution in [1.29, 1.82) is 0 Å². The third kappa shape index (κ3) is 4.89. The first kappa shape index (κ1) is 24.1. The highest BCUT2D eigenvalue weighted by atomic mass is 32.2. The summed E-state index contributed by atoms with van der Waals surface area (Å²) in [5.74, 6) is 1.51. The molecular weight excluding hydrogens is 442 g/mol. The standard InChI is InChI=1S/C27H33N5OS/c1-6-8-16-34-27-30-26-28-19(5)23(25(33)29-22-11-9-10-17(3)18(22)4)24(32(26)31-27)21-14-12-20(7-2)13-15-21/h9-15,24H,6-8,16H2,1-5H3,(H,29,33)(H,28,30,31). The van der Waals surface area contributed by atoms with Gasteiger partial charge in [0.05, 0.1) is 5.57 Å². The van der Waals surface area contributed by atoms with E-state index in [9.17, 15) is 4.79 Å². The molecule has 0 aliphatic carbocycles. The second-order valence-corrected chi connectivity index (χ2v) is 9.79. The number of carbonyl (C=O) groups is 1. The number of amides is 1. The van der Waals surface area contributed by atoms with E-state index in [1.165, 1.54) is 5.56 Å². The number of fused-ring (bicyclic) bond motifs is 1. The van der Waals surface area contributed by atoms with Gasteiger partial charge in [-0.3, -0.25) is 4.79 Å². The fourth-order valence-corrected chi connectivity index (χ4v) is 5.03. The van der Waals surface area contributed by atoms with E-state index in [1.807, 2.05) is 30.7 Å². The number of allylic oxidation sites excluding steroid dienone is 1. The minimum Gasteiger partial charge on any atom is -0.328 e. The quantitative estimate of drug-likeness (QED) is 0.296. The van der Waals surface area contributed by atoms with Crippen LogP contribution in [0, 0.1) is 13.8 Å². The number of nitrogens with one attached hydrogen (secondary N) is 2. The van der Waals surface area contributed by atoms with Gasteiger partial charge in [-0.1, -0.05) is 68.4 Å². The van der Waals surface area contributed by atoms with Crippen molar-refractivity contribution in [2.24, 2.45) is 0 Å². The predicted molar refractivity (Wildman–Crippen MR) is 140 cm³/mol. The number of thioether (sulfide) groups is 1. The van der Waals surface area contributed by atoms with Crippen molar-refractivity contribution in [3.63, 3.8) is 0 Å². The zero-order chi connectivity index (χ0) is 24.2. The number of nitrogens with zero attached hydrogens (tertiary/aromatic N) is 3. The van der Waals surface area contributed by atoms with Gasteiger partial charge in [-0.15, -0.1) is 5.10 Å². The molecule has 0 saturated heterocycles. The van der Waals surface area contributed by atoms with Crippen LogP contribution in [0.25, 0.3) is 0 Å². The lowest BCUT2D eigenvalue weighted by Crippen LogP contribution is -2.31. The van der Waals surface area contributed by atoms with Crippen molar-refractivity contribution in [2.45, 2.75) is 65.1 Å². The van der Waals surface area contributed by atoms with E-state index in [2.05, 4.69) is 61.7 Å². The molecule has 1 aromatic heterocycles. The van der Waals surface area contributed by atoms with Crippen molar-refractivity contribution in [3.05, 3.63) is 76.0 Å². The third-order valence-corrected chi connectivity index (χ3v) is 7.29. The number of hydrogen-bond acceptors (Lipinski definition) is 5. The smallest absolute Gasteiger partial charge is 0.255 e. The number of aryl methyl sites for hydroxylation is 2. The van der Waals surface area contributed by atoms with Gasteiger partial charge in [0.25, 0.3) is 5.91 Å². The maximum Gasteiger partial charge on any atom is 0.255 e. The van der Waals surface area contributed by atoms with Crippen molar-refractivity contribution in [2.75, 3.05) is 16.4 Å². The van der Waals surface area contributed by atoms with E-state index in [0.29, 0.717) is 11.5 Å². The molecular formula is C27H33N5OS. The van der Waals surface area contributed by atoms with E-state index in [1.54, 1.807) is 11.8 Å². The molecule has 1 unspecified atom stereocenters. The highest BCUT2D eigenvalue weighted by Crippen LogP contribution is 2.37. The summed E-state index contributed by atoms with van der Waals surface area (Å²) in [6.07, 6.45) is 3.22. The number of anilines is 2. The monoisotopic (exact) mass is 475 g/mol. The fraction of sp³-hybridized carbons (Fsp3) is 0.370. The molecule has 178 valence electrons. The number of carbonyl (C=O) groups excluding carboxylic acids is 1. The highest BCUT2D eigenvalue weighted by molar-refractivity contribution is 7.99. The Hall–Kier alpha value is -3.06. The van der Waals surface area contributed by atoms with Crippen LogP contribution in [0.5, 0.6) is 0 Å². The Labute approximate surface area is 206 Å². The molecule has 0 saturated carbocycles. The summed E-state index contributed by atoms with van der Waals surface area (Å²) in [6, 6.07) is 14.1. The highest BCUT2D eigenvalue weighted by Gasteiger charge is 2.34. The molecule has 1 aliphatic heterocycles. The molecule has 2 aromatic carbocycles. The van der Waals surface area contributed by atoms with E-state index in [-0.39, 0.29) is 11.9 Å². The average Bonchev–Trinajstić information content (AvgIpc) is 3.23. The van der Waals surface area contributed by atoms with Gasteiger partial charge in [-0.25, -0.2) is 4.68 Å². The van der Waals surface area contributed by atoms with Crippen molar-refractivity contribution in [3.8, 4) is 0 Å². The molecule has 6 nitrogen and oxygen atoms in total. The van der Waals surface area contributed by atoms with Gasteiger partial charge in [0, 0.05) is 17.1 Å². The van der Waals surface area contributed by atoms with E-state index < -0.39 is 0 Å². The van der Waals surface area contributed by atoms with Gasteiger partial charge in [0.2, 0.25) is 11.1 Å². The van der Waals surface area contributed by atoms with Crippen LogP contribution in [-0.2, 0) is 11.2 Å². The van der Waals surface area contributed by atoms with Crippen LogP contribution < -0.4 is 10.6 Å². The molecule has 2 heterocycles. The van der Waals surface area contributed by atoms with E-state index >= 15 is 0 Å². The summed E-state index contributed by atoms with van der Waals surface area (Å²) in [4.78, 5) is 18.4. The second-order valence-electron chi connectivity index (χ2n) is 8.73. The van der Waals surface area contributed by atoms with E-state index in [4.69, 9.17) is 10.1 Å². The molecule has 0 fully saturated rings. The molecule has 1 amide bonds. The summed E-state index contributed by atoms with van der Waals surface area (Å²) in [5, 5.41) is 12.0. The SMILES string of the molecule is CCCCSc1nc2n(n1)C(c1ccc(CC)cc1)C(C(=O)Nc1cccc(C)c1C)=C(C)N2. The van der Waals surface area contributed by atoms with Crippen molar-refractivity contribution in [1.82, 2.24) is 14.8 Å². The molecule has 1 atom stereocenters. The maximum atomic E-state index is 13.7. The van der Waals surface area contributed by atoms with E-state index in [0.717, 1.165) is 58.2 Å². The first-order valence-corrected chi connectivity index (χ1v) is 12.9. The first-order chi connectivity index (χ1) is 16.4. The van der Waals surface area contributed by atoms with Crippen molar-refractivity contribution >= 4 is 29.3 Å². The lowest BCUT2D eigenvalue weighted by molar-refractivity contribution is -0.113. The second kappa shape index (κ2) is 10.5. The van der Waals surface area contributed by atoms with Crippen LogP contribution in [0.2, 0.25) is 0 Å². The minimum absolute atomic E-state index is 0.135. The lowest BCUT2D eigenvalue weighted by atomic mass is 9.94. The molecule has 0 bridgehead atoms. The first-order valence-electron chi connectivity index (χ1n) is 12.0. The average molecular weight is 476 g/mol. The Bertz CT molecular complexity index is 1210. The number of aromatic nitrogens is 3. The van der Waals surface area contributed by atoms with Crippen LogP contribution in [0.3, 0.4) is 0 Å². The molecule has 0 spiro atoms. The Morgan fingerprint density at radius 1 is 1.12 bits per heavy atom. The van der Waals surface area contributed by atoms with Gasteiger partial charge < -0.3 is 10.6 Å². The van der Waals surface area contributed by atoms with Crippen molar-refractivity contribution < 1.29 is 4.79 Å². The van der Waals surface area contributed by atoms with Crippen LogP contribution in [0.15, 0.2) is 58.9 Å². The Morgan fingerprint density at radius 3 is 2.59 bits per heavy atom. The minimum atomic E-state index is -0.361. The molecule has 7 heteroatoms. The molecule has 3 aromatic rings. The molecule has 4 rings (SSSR count). The zero-order valence-corrected chi connectivity index (χ0v) is 21.4. The van der Waals surface area contributed by atoms with Gasteiger partial charge in [0.1, 0.15) is 6.04 Å². The Morgan fingerprint density at radius 2 is 1.88 bits per heavy atom. The lowest BCUT2D eigenvalue weighted by Gasteiger charge is -2.29. The van der Waals surface area contributed by atoms with Crippen LogP contribution in [0.4, 0.5) is 11.6 Å². The summed E-state index contributed by atoms with van der Waals surface area (Å²) in [7, 11) is 0. The molecule has 2 N–H and O–H groups in total. The summed E-state index contributed by atoms with van der Waals surface area (Å²) in [6.45, 7) is 10.3. The summed E-state index contributed by atoms with van der Waals surface area (Å²) < 4.78 is 1.86.